The fourth-order valence-corrected chi connectivity index (χ4v) is 2.08. The number of ether oxygens (including phenoxy) is 1. The molecule has 0 radical (unpaired) electrons. The summed E-state index contributed by atoms with van der Waals surface area (Å²) in [5.74, 6) is 6.90. The summed E-state index contributed by atoms with van der Waals surface area (Å²) >= 11 is 0. The monoisotopic (exact) mass is 273 g/mol. The molecule has 0 saturated heterocycles. The van der Waals surface area contributed by atoms with E-state index in [-0.39, 0.29) is 0 Å². The van der Waals surface area contributed by atoms with E-state index >= 15 is 0 Å². The predicted octanol–water partition coefficient (Wildman–Crippen LogP) is 3.97. The van der Waals surface area contributed by atoms with Gasteiger partial charge in [0, 0.05) is 17.1 Å². The fraction of sp³-hybridized carbons (Fsp3) is 0.105. The lowest BCUT2D eigenvalue weighted by Gasteiger charge is -2.05. The van der Waals surface area contributed by atoms with E-state index in [4.69, 9.17) is 4.74 Å². The van der Waals surface area contributed by atoms with Crippen molar-refractivity contribution >= 4 is 10.9 Å². The number of benzene rings is 2. The van der Waals surface area contributed by atoms with Gasteiger partial charge in [0.2, 0.25) is 0 Å². The Hall–Kier alpha value is -2.79. The second-order valence-electron chi connectivity index (χ2n) is 4.79. The lowest BCUT2D eigenvalue weighted by Crippen LogP contribution is -1.95. The Balaban J connectivity index is 1.71. The fourth-order valence-electron chi connectivity index (χ4n) is 2.08. The smallest absolute Gasteiger partial charge is 0.149 e. The van der Waals surface area contributed by atoms with Crippen LogP contribution in [0.4, 0.5) is 0 Å². The summed E-state index contributed by atoms with van der Waals surface area (Å²) in [6, 6.07) is 18.0. The number of pyridine rings is 1. The first-order valence-electron chi connectivity index (χ1n) is 6.85. The molecule has 1 heterocycles. The van der Waals surface area contributed by atoms with E-state index in [1.807, 2.05) is 42.5 Å². The molecule has 0 aliphatic rings. The molecule has 3 aromatic rings. The number of rotatable bonds is 2. The van der Waals surface area contributed by atoms with Crippen LogP contribution in [0.25, 0.3) is 10.9 Å². The molecule has 102 valence electrons. The summed E-state index contributed by atoms with van der Waals surface area (Å²) in [5, 5.41) is 1.07. The van der Waals surface area contributed by atoms with Gasteiger partial charge in [-0.05, 0) is 31.2 Å². The highest BCUT2D eigenvalue weighted by Gasteiger charge is 2.00. The van der Waals surface area contributed by atoms with Crippen molar-refractivity contribution in [1.29, 1.82) is 0 Å². The molecule has 0 aliphatic heterocycles. The van der Waals surface area contributed by atoms with E-state index in [0.29, 0.717) is 6.61 Å². The molecule has 0 aliphatic carbocycles. The Morgan fingerprint density at radius 3 is 2.67 bits per heavy atom. The van der Waals surface area contributed by atoms with Crippen LogP contribution >= 0.6 is 0 Å². The SMILES string of the molecule is Cc1ccc(C#CCOc2cccc3cccnc23)cc1. The van der Waals surface area contributed by atoms with Crippen LogP contribution in [0.3, 0.4) is 0 Å². The van der Waals surface area contributed by atoms with Gasteiger partial charge in [-0.1, -0.05) is 47.7 Å². The number of aromatic nitrogens is 1. The molecule has 0 unspecified atom stereocenters. The van der Waals surface area contributed by atoms with E-state index in [0.717, 1.165) is 22.2 Å². The maximum absolute atomic E-state index is 5.73. The number of fused-ring (bicyclic) bond motifs is 1. The minimum absolute atomic E-state index is 0.351. The lowest BCUT2D eigenvalue weighted by atomic mass is 10.2. The minimum atomic E-state index is 0.351. The molecule has 3 rings (SSSR count). The molecule has 0 saturated carbocycles. The normalized spacial score (nSPS) is 9.95. The Labute approximate surface area is 124 Å². The van der Waals surface area contributed by atoms with Crippen LogP contribution in [0.15, 0.2) is 60.8 Å². The summed E-state index contributed by atoms with van der Waals surface area (Å²) in [6.45, 7) is 2.41. The van der Waals surface area contributed by atoms with Crippen LogP contribution < -0.4 is 4.74 Å². The van der Waals surface area contributed by atoms with Crippen LogP contribution in [0.1, 0.15) is 11.1 Å². The van der Waals surface area contributed by atoms with Gasteiger partial charge in [0.1, 0.15) is 17.9 Å². The molecular weight excluding hydrogens is 258 g/mol. The number of hydrogen-bond donors (Lipinski definition) is 0. The van der Waals surface area contributed by atoms with Gasteiger partial charge in [0.25, 0.3) is 0 Å². The number of aryl methyl sites for hydroxylation is 1. The number of para-hydroxylation sites is 1. The third-order valence-electron chi connectivity index (χ3n) is 3.18. The summed E-state index contributed by atoms with van der Waals surface area (Å²) in [6.07, 6.45) is 1.77. The van der Waals surface area contributed by atoms with Gasteiger partial charge in [0.05, 0.1) is 0 Å². The molecule has 0 N–H and O–H groups in total. The summed E-state index contributed by atoms with van der Waals surface area (Å²) in [5.41, 5.74) is 3.11. The molecule has 1 aromatic heterocycles. The molecule has 2 nitrogen and oxygen atoms in total. The molecule has 2 aromatic carbocycles. The summed E-state index contributed by atoms with van der Waals surface area (Å²) in [4.78, 5) is 4.35. The zero-order valence-corrected chi connectivity index (χ0v) is 11.8. The van der Waals surface area contributed by atoms with Crippen LogP contribution in [0.5, 0.6) is 5.75 Å². The van der Waals surface area contributed by atoms with Crippen molar-refractivity contribution in [3.05, 3.63) is 71.9 Å². The van der Waals surface area contributed by atoms with Crippen molar-refractivity contribution in [2.75, 3.05) is 6.61 Å². The van der Waals surface area contributed by atoms with E-state index in [1.54, 1.807) is 6.20 Å². The predicted molar refractivity (Wildman–Crippen MR) is 85.3 cm³/mol. The van der Waals surface area contributed by atoms with E-state index in [2.05, 4.69) is 35.9 Å². The van der Waals surface area contributed by atoms with Gasteiger partial charge in [-0.15, -0.1) is 0 Å². The van der Waals surface area contributed by atoms with Crippen molar-refractivity contribution in [3.8, 4) is 17.6 Å². The largest absolute Gasteiger partial charge is 0.479 e. The Morgan fingerprint density at radius 2 is 1.81 bits per heavy atom. The Kier molecular flexibility index (Phi) is 3.84. The third kappa shape index (κ3) is 3.21. The molecule has 2 heteroatoms. The van der Waals surface area contributed by atoms with Gasteiger partial charge in [-0.2, -0.15) is 0 Å². The summed E-state index contributed by atoms with van der Waals surface area (Å²) in [7, 11) is 0. The van der Waals surface area contributed by atoms with Crippen LogP contribution in [-0.2, 0) is 0 Å². The van der Waals surface area contributed by atoms with Crippen molar-refractivity contribution in [2.24, 2.45) is 0 Å². The molecule has 0 amide bonds. The highest BCUT2D eigenvalue weighted by Crippen LogP contribution is 2.22. The standard InChI is InChI=1S/C19H15NO/c1-15-9-11-16(12-10-15)5-4-14-21-18-8-2-6-17-7-3-13-20-19(17)18/h2-3,6-13H,14H2,1H3. The van der Waals surface area contributed by atoms with Gasteiger partial charge in [-0.25, -0.2) is 0 Å². The second kappa shape index (κ2) is 6.11. The molecule has 21 heavy (non-hydrogen) atoms. The van der Waals surface area contributed by atoms with Crippen molar-refractivity contribution < 1.29 is 4.74 Å². The Bertz CT molecular complexity index is 805. The quantitative estimate of drug-likeness (QED) is 0.659. The second-order valence-corrected chi connectivity index (χ2v) is 4.79. The highest BCUT2D eigenvalue weighted by atomic mass is 16.5. The maximum Gasteiger partial charge on any atom is 0.149 e. The topological polar surface area (TPSA) is 22.1 Å². The Morgan fingerprint density at radius 1 is 1.00 bits per heavy atom. The molecule has 0 atom stereocenters. The first kappa shape index (κ1) is 13.2. The third-order valence-corrected chi connectivity index (χ3v) is 3.18. The van der Waals surface area contributed by atoms with E-state index in [9.17, 15) is 0 Å². The van der Waals surface area contributed by atoms with Crippen LogP contribution in [-0.4, -0.2) is 11.6 Å². The molecular formula is C19H15NO. The van der Waals surface area contributed by atoms with Crippen LogP contribution in [0, 0.1) is 18.8 Å². The average molecular weight is 273 g/mol. The molecule has 0 fully saturated rings. The van der Waals surface area contributed by atoms with E-state index < -0.39 is 0 Å². The van der Waals surface area contributed by atoms with Crippen molar-refractivity contribution in [1.82, 2.24) is 4.98 Å². The first-order valence-corrected chi connectivity index (χ1v) is 6.85. The zero-order chi connectivity index (χ0) is 14.5. The van der Waals surface area contributed by atoms with E-state index in [1.165, 1.54) is 5.56 Å². The number of hydrogen-bond acceptors (Lipinski definition) is 2. The lowest BCUT2D eigenvalue weighted by molar-refractivity contribution is 0.374. The van der Waals surface area contributed by atoms with Gasteiger partial charge in [0.15, 0.2) is 0 Å². The minimum Gasteiger partial charge on any atom is -0.479 e. The molecule has 0 spiro atoms. The molecule has 0 bridgehead atoms. The zero-order valence-electron chi connectivity index (χ0n) is 11.8. The van der Waals surface area contributed by atoms with Crippen molar-refractivity contribution in [2.45, 2.75) is 6.92 Å². The van der Waals surface area contributed by atoms with Crippen LogP contribution in [0.2, 0.25) is 0 Å². The first-order chi connectivity index (χ1) is 10.3. The van der Waals surface area contributed by atoms with Gasteiger partial charge < -0.3 is 4.74 Å². The maximum atomic E-state index is 5.73. The van der Waals surface area contributed by atoms with Crippen molar-refractivity contribution in [3.63, 3.8) is 0 Å². The number of nitrogens with zero attached hydrogens (tertiary/aromatic N) is 1. The highest BCUT2D eigenvalue weighted by molar-refractivity contribution is 5.84. The van der Waals surface area contributed by atoms with Gasteiger partial charge >= 0.3 is 0 Å². The van der Waals surface area contributed by atoms with Gasteiger partial charge in [-0.3, -0.25) is 4.98 Å². The summed E-state index contributed by atoms with van der Waals surface area (Å²) < 4.78 is 5.73. The average Bonchev–Trinajstić information content (AvgIpc) is 2.53.